The van der Waals surface area contributed by atoms with Crippen LogP contribution in [0.5, 0.6) is 0 Å². The van der Waals surface area contributed by atoms with Gasteiger partial charge in [-0.25, -0.2) is 4.57 Å². The number of pyridine rings is 1. The molecular formula is C30H28N3+. The predicted octanol–water partition coefficient (Wildman–Crippen LogP) is 6.44. The summed E-state index contributed by atoms with van der Waals surface area (Å²) in [4.78, 5) is 4.96. The second kappa shape index (κ2) is 6.89. The fraction of sp³-hybridized carbons (Fsp3) is 0.200. The lowest BCUT2D eigenvalue weighted by Crippen LogP contribution is -2.30. The zero-order valence-corrected chi connectivity index (χ0v) is 19.8. The van der Waals surface area contributed by atoms with Gasteiger partial charge in [0.05, 0.1) is 18.3 Å². The van der Waals surface area contributed by atoms with Gasteiger partial charge in [0.15, 0.2) is 11.0 Å². The van der Waals surface area contributed by atoms with Crippen molar-refractivity contribution in [3.8, 4) is 28.2 Å². The summed E-state index contributed by atoms with van der Waals surface area (Å²) in [5, 5.41) is 0. The maximum Gasteiger partial charge on any atom is 0.295 e. The maximum atomic E-state index is 4.96. The predicted molar refractivity (Wildman–Crippen MR) is 135 cm³/mol. The van der Waals surface area contributed by atoms with Crippen LogP contribution in [0.3, 0.4) is 0 Å². The van der Waals surface area contributed by atoms with Gasteiger partial charge in [-0.05, 0) is 66.9 Å². The van der Waals surface area contributed by atoms with Gasteiger partial charge in [-0.3, -0.25) is 4.98 Å². The normalized spacial score (nSPS) is 13.8. The molecule has 162 valence electrons. The van der Waals surface area contributed by atoms with Crippen molar-refractivity contribution in [2.45, 2.75) is 33.1 Å². The van der Waals surface area contributed by atoms with Gasteiger partial charge >= 0.3 is 0 Å². The molecule has 0 fully saturated rings. The zero-order valence-electron chi connectivity index (χ0n) is 19.8. The highest BCUT2D eigenvalue weighted by molar-refractivity contribution is 5.85. The fourth-order valence-electron chi connectivity index (χ4n) is 5.52. The van der Waals surface area contributed by atoms with Crippen molar-refractivity contribution >= 4 is 11.0 Å². The van der Waals surface area contributed by atoms with Gasteiger partial charge in [0.2, 0.25) is 0 Å². The minimum atomic E-state index is -0.103. The smallest absolute Gasteiger partial charge is 0.257 e. The van der Waals surface area contributed by atoms with E-state index in [0.29, 0.717) is 0 Å². The molecular weight excluding hydrogens is 402 g/mol. The maximum absolute atomic E-state index is 4.96. The third kappa shape index (κ3) is 2.75. The Morgan fingerprint density at radius 1 is 0.788 bits per heavy atom. The number of aromatic nitrogens is 3. The highest BCUT2D eigenvalue weighted by Gasteiger charge is 2.38. The Labute approximate surface area is 195 Å². The molecule has 3 nitrogen and oxygen atoms in total. The topological polar surface area (TPSA) is 21.7 Å². The van der Waals surface area contributed by atoms with Gasteiger partial charge in [-0.2, -0.15) is 4.57 Å². The molecule has 0 N–H and O–H groups in total. The van der Waals surface area contributed by atoms with Gasteiger partial charge < -0.3 is 0 Å². The molecule has 2 aromatic heterocycles. The molecule has 33 heavy (non-hydrogen) atoms. The molecule has 5 aromatic rings. The van der Waals surface area contributed by atoms with E-state index in [4.69, 9.17) is 4.98 Å². The van der Waals surface area contributed by atoms with Crippen molar-refractivity contribution < 1.29 is 4.57 Å². The fourth-order valence-corrected chi connectivity index (χ4v) is 5.52. The van der Waals surface area contributed by atoms with Crippen molar-refractivity contribution in [3.63, 3.8) is 0 Å². The van der Waals surface area contributed by atoms with E-state index < -0.39 is 0 Å². The third-order valence-electron chi connectivity index (χ3n) is 7.22. The van der Waals surface area contributed by atoms with E-state index in [0.717, 1.165) is 5.69 Å². The summed E-state index contributed by atoms with van der Waals surface area (Å²) in [7, 11) is 2.17. The van der Waals surface area contributed by atoms with Gasteiger partial charge in [-0.15, -0.1) is 0 Å². The van der Waals surface area contributed by atoms with Crippen molar-refractivity contribution in [2.24, 2.45) is 7.05 Å². The summed E-state index contributed by atoms with van der Waals surface area (Å²) in [6, 6.07) is 28.5. The summed E-state index contributed by atoms with van der Waals surface area (Å²) < 4.78 is 4.71. The Morgan fingerprint density at radius 3 is 2.30 bits per heavy atom. The van der Waals surface area contributed by atoms with E-state index >= 15 is 0 Å². The van der Waals surface area contributed by atoms with Crippen molar-refractivity contribution in [2.75, 3.05) is 0 Å². The number of hydrogen-bond donors (Lipinski definition) is 0. The standard InChI is InChI=1S/C30H28N3/c1-19-17-25-24(22-16-15-20(2)31-28(22)30(25,3)4)18-23(19)29-32(5)26-13-9-10-14-27(26)33(29)21-11-7-6-8-12-21/h6-18H,1-5H3/q+1. The Hall–Kier alpha value is -3.72. The molecule has 0 unspecified atom stereocenters. The van der Waals surface area contributed by atoms with Crippen LogP contribution in [0.25, 0.3) is 39.2 Å². The second-order valence-electron chi connectivity index (χ2n) is 9.73. The van der Waals surface area contributed by atoms with Gasteiger partial charge in [0.25, 0.3) is 5.82 Å². The summed E-state index contributed by atoms with van der Waals surface area (Å²) in [5.74, 6) is 1.19. The van der Waals surface area contributed by atoms with Gasteiger partial charge in [-0.1, -0.05) is 56.3 Å². The quantitative estimate of drug-likeness (QED) is 0.295. The van der Waals surface area contributed by atoms with Crippen molar-refractivity contribution in [3.05, 3.63) is 101 Å². The molecule has 0 atom stereocenters. The lowest BCUT2D eigenvalue weighted by Gasteiger charge is -2.21. The number of rotatable bonds is 2. The molecule has 2 heterocycles. The molecule has 1 aliphatic rings. The van der Waals surface area contributed by atoms with Crippen LogP contribution in [0.4, 0.5) is 0 Å². The number of imidazole rings is 1. The number of nitrogens with zero attached hydrogens (tertiary/aromatic N) is 3. The first-order valence-electron chi connectivity index (χ1n) is 11.6. The minimum Gasteiger partial charge on any atom is -0.257 e. The lowest BCUT2D eigenvalue weighted by molar-refractivity contribution is -0.633. The summed E-state index contributed by atoms with van der Waals surface area (Å²) in [5.41, 5.74) is 12.2. The Morgan fingerprint density at radius 2 is 1.52 bits per heavy atom. The van der Waals surface area contributed by atoms with Crippen molar-refractivity contribution in [1.29, 1.82) is 0 Å². The molecule has 0 saturated heterocycles. The SMILES string of the molecule is Cc1ccc2c(n1)C(C)(C)c1cc(C)c(-c3n(-c4ccccc4)c4ccccc4[n+]3C)cc1-2. The molecule has 0 radical (unpaired) electrons. The number of aryl methyl sites for hydroxylation is 3. The zero-order chi connectivity index (χ0) is 22.9. The molecule has 6 rings (SSSR count). The Kier molecular flexibility index (Phi) is 4.16. The van der Waals surface area contributed by atoms with E-state index in [1.54, 1.807) is 0 Å². The molecule has 0 saturated carbocycles. The highest BCUT2D eigenvalue weighted by atomic mass is 15.2. The van der Waals surface area contributed by atoms with Crippen molar-refractivity contribution in [1.82, 2.24) is 9.55 Å². The molecule has 1 aliphatic carbocycles. The second-order valence-corrected chi connectivity index (χ2v) is 9.73. The summed E-state index contributed by atoms with van der Waals surface area (Å²) in [6.45, 7) is 8.91. The largest absolute Gasteiger partial charge is 0.295 e. The van der Waals surface area contributed by atoms with Crippen LogP contribution in [-0.4, -0.2) is 9.55 Å². The third-order valence-corrected chi connectivity index (χ3v) is 7.22. The minimum absolute atomic E-state index is 0.103. The monoisotopic (exact) mass is 430 g/mol. The Balaban J connectivity index is 1.70. The number of benzene rings is 3. The van der Waals surface area contributed by atoms with Crippen LogP contribution in [0.15, 0.2) is 78.9 Å². The van der Waals surface area contributed by atoms with Crippen LogP contribution in [-0.2, 0) is 12.5 Å². The molecule has 0 bridgehead atoms. The van der Waals surface area contributed by atoms with E-state index in [1.807, 2.05) is 0 Å². The van der Waals surface area contributed by atoms with Gasteiger partial charge in [0.1, 0.15) is 5.69 Å². The first-order chi connectivity index (χ1) is 15.9. The van der Waals surface area contributed by atoms with Crippen LogP contribution in [0.1, 0.15) is 36.4 Å². The lowest BCUT2D eigenvalue weighted by atomic mass is 9.84. The first-order valence-corrected chi connectivity index (χ1v) is 11.6. The molecule has 0 aliphatic heterocycles. The number of para-hydroxylation sites is 3. The molecule has 0 spiro atoms. The molecule has 3 aromatic carbocycles. The number of hydrogen-bond acceptors (Lipinski definition) is 1. The Bertz CT molecular complexity index is 1560. The summed E-state index contributed by atoms with van der Waals surface area (Å²) in [6.07, 6.45) is 0. The van der Waals surface area contributed by atoms with E-state index in [-0.39, 0.29) is 5.41 Å². The highest BCUT2D eigenvalue weighted by Crippen LogP contribution is 2.49. The average molecular weight is 431 g/mol. The summed E-state index contributed by atoms with van der Waals surface area (Å²) >= 11 is 0. The van der Waals surface area contributed by atoms with E-state index in [2.05, 4.69) is 123 Å². The average Bonchev–Trinajstić information content (AvgIpc) is 3.22. The number of fused-ring (bicyclic) bond motifs is 4. The van der Waals surface area contributed by atoms with Crippen LogP contribution < -0.4 is 4.57 Å². The first kappa shape index (κ1) is 19.9. The van der Waals surface area contributed by atoms with Gasteiger partial charge in [0, 0.05) is 16.7 Å². The van der Waals surface area contributed by atoms with Crippen LogP contribution in [0.2, 0.25) is 0 Å². The molecule has 3 heteroatoms. The molecule has 0 amide bonds. The van der Waals surface area contributed by atoms with E-state index in [1.165, 1.54) is 56.1 Å². The van der Waals surface area contributed by atoms with Crippen LogP contribution >= 0.6 is 0 Å². The van der Waals surface area contributed by atoms with E-state index in [9.17, 15) is 0 Å². The van der Waals surface area contributed by atoms with Crippen LogP contribution in [0, 0.1) is 13.8 Å².